The molecule has 1 aromatic heterocycles. The molecule has 1 amide bonds. The van der Waals surface area contributed by atoms with E-state index in [2.05, 4.69) is 20.6 Å². The van der Waals surface area contributed by atoms with Crippen LogP contribution in [0.4, 0.5) is 21.7 Å². The summed E-state index contributed by atoms with van der Waals surface area (Å²) >= 11 is 13.9. The summed E-state index contributed by atoms with van der Waals surface area (Å²) in [4.78, 5) is 23.2. The number of nitrogens with one attached hydrogen (secondary N) is 2. The number of benzene rings is 2. The molecule has 0 spiro atoms. The quantitative estimate of drug-likeness (QED) is 0.518. The fraction of sp³-hybridized carbons (Fsp3) is 0.190. The zero-order chi connectivity index (χ0) is 21.5. The monoisotopic (exact) mass is 475 g/mol. The number of fused-ring (bicyclic) bond motifs is 2. The minimum Gasteiger partial charge on any atom is -0.322 e. The summed E-state index contributed by atoms with van der Waals surface area (Å²) in [5, 5.41) is 7.52. The van der Waals surface area contributed by atoms with Crippen molar-refractivity contribution in [2.45, 2.75) is 18.0 Å². The third kappa shape index (κ3) is 3.85. The average Bonchev–Trinajstić information content (AvgIpc) is 2.75. The van der Waals surface area contributed by atoms with Crippen molar-refractivity contribution in [3.05, 3.63) is 69.1 Å². The van der Waals surface area contributed by atoms with E-state index in [9.17, 15) is 9.18 Å². The molecule has 0 saturated carbocycles. The van der Waals surface area contributed by atoms with Crippen molar-refractivity contribution < 1.29 is 9.18 Å². The number of hydrogen-bond acceptors (Lipinski definition) is 6. The third-order valence-electron chi connectivity index (χ3n) is 5.19. The molecule has 2 aliphatic heterocycles. The van der Waals surface area contributed by atoms with Crippen LogP contribution in [-0.4, -0.2) is 28.3 Å². The van der Waals surface area contributed by atoms with Gasteiger partial charge in [0.15, 0.2) is 0 Å². The number of rotatable bonds is 3. The van der Waals surface area contributed by atoms with Crippen molar-refractivity contribution in [1.29, 1.82) is 0 Å². The number of thioether (sulfide) groups is 1. The Morgan fingerprint density at radius 1 is 1.19 bits per heavy atom. The van der Waals surface area contributed by atoms with Crippen molar-refractivity contribution in [2.75, 3.05) is 22.6 Å². The van der Waals surface area contributed by atoms with Gasteiger partial charge in [0.05, 0.1) is 32.9 Å². The molecule has 0 aliphatic carbocycles. The Bertz CT molecular complexity index is 1190. The van der Waals surface area contributed by atoms with Gasteiger partial charge in [-0.3, -0.25) is 9.69 Å². The minimum atomic E-state index is -0.356. The number of para-hydroxylation sites is 1. The molecule has 3 aromatic rings. The van der Waals surface area contributed by atoms with E-state index < -0.39 is 0 Å². The highest BCUT2D eigenvalue weighted by Crippen LogP contribution is 2.39. The normalized spacial score (nSPS) is 15.5. The van der Waals surface area contributed by atoms with E-state index in [0.29, 0.717) is 44.4 Å². The first-order valence-electron chi connectivity index (χ1n) is 9.56. The third-order valence-corrected chi connectivity index (χ3v) is 6.77. The van der Waals surface area contributed by atoms with Gasteiger partial charge in [-0.15, -0.1) is 0 Å². The molecule has 5 rings (SSSR count). The van der Waals surface area contributed by atoms with Crippen molar-refractivity contribution in [2.24, 2.45) is 0 Å². The first-order valence-corrected chi connectivity index (χ1v) is 11.3. The first kappa shape index (κ1) is 20.5. The van der Waals surface area contributed by atoms with Gasteiger partial charge >= 0.3 is 0 Å². The topological polar surface area (TPSA) is 70.1 Å². The van der Waals surface area contributed by atoms with E-state index in [-0.39, 0.29) is 17.7 Å². The molecule has 10 heteroatoms. The highest BCUT2D eigenvalue weighted by Gasteiger charge is 2.30. The van der Waals surface area contributed by atoms with Gasteiger partial charge in [-0.05, 0) is 48.4 Å². The summed E-state index contributed by atoms with van der Waals surface area (Å²) in [5.74, 6) is -0.123. The van der Waals surface area contributed by atoms with Crippen LogP contribution in [0.15, 0.2) is 41.6 Å². The summed E-state index contributed by atoms with van der Waals surface area (Å²) in [7, 11) is 0. The van der Waals surface area contributed by atoms with E-state index in [1.807, 2.05) is 0 Å². The van der Waals surface area contributed by atoms with Crippen LogP contribution < -0.4 is 15.5 Å². The Kier molecular flexibility index (Phi) is 5.47. The summed E-state index contributed by atoms with van der Waals surface area (Å²) < 4.78 is 14.5. The van der Waals surface area contributed by atoms with Gasteiger partial charge in [0.1, 0.15) is 10.8 Å². The molecule has 0 unspecified atom stereocenters. The van der Waals surface area contributed by atoms with E-state index in [4.69, 9.17) is 23.2 Å². The lowest BCUT2D eigenvalue weighted by Gasteiger charge is -2.28. The molecule has 6 nitrogen and oxygen atoms in total. The van der Waals surface area contributed by atoms with Crippen LogP contribution in [0.25, 0.3) is 0 Å². The van der Waals surface area contributed by atoms with E-state index >= 15 is 0 Å². The number of hydrogen-bond donors (Lipinski definition) is 2. The van der Waals surface area contributed by atoms with Crippen molar-refractivity contribution in [3.8, 4) is 0 Å². The largest absolute Gasteiger partial charge is 0.322 e. The molecule has 0 radical (unpaired) electrons. The maximum atomic E-state index is 14.5. The lowest BCUT2D eigenvalue weighted by atomic mass is 10.00. The lowest BCUT2D eigenvalue weighted by molar-refractivity contribution is 0.0985. The van der Waals surface area contributed by atoms with Crippen LogP contribution in [0, 0.1) is 5.82 Å². The average molecular weight is 476 g/mol. The molecule has 31 heavy (non-hydrogen) atoms. The number of nitrogens with zero attached hydrogens (tertiary/aromatic N) is 3. The molecule has 0 fully saturated rings. The predicted octanol–water partition coefficient (Wildman–Crippen LogP) is 5.02. The van der Waals surface area contributed by atoms with E-state index in [1.165, 1.54) is 22.9 Å². The number of carbonyl (C=O) groups excluding carboxylic acids is 1. The van der Waals surface area contributed by atoms with Gasteiger partial charge in [0.25, 0.3) is 5.91 Å². The van der Waals surface area contributed by atoms with Gasteiger partial charge in [0, 0.05) is 12.7 Å². The predicted molar refractivity (Wildman–Crippen MR) is 121 cm³/mol. The van der Waals surface area contributed by atoms with Crippen molar-refractivity contribution in [1.82, 2.24) is 15.3 Å². The second kappa shape index (κ2) is 8.27. The Balaban J connectivity index is 1.42. The summed E-state index contributed by atoms with van der Waals surface area (Å²) in [6.45, 7) is 1.54. The lowest BCUT2D eigenvalue weighted by Crippen LogP contribution is -2.35. The number of aromatic nitrogens is 2. The Labute approximate surface area is 192 Å². The Hall–Kier alpha value is -2.39. The molecular weight excluding hydrogens is 460 g/mol. The molecule has 0 bridgehead atoms. The number of halogens is 3. The standard InChI is InChI=1S/C21H16Cl2FN5OS/c22-14-2-1-3-15(23)18(14)29-10-31-19-13(20(29)30)9-26-21(28-19)27-17-7-12-8-25-5-4-11(12)6-16(17)24/h1-3,6-7,9,25H,4-5,8,10H2,(H,26,27,28). The summed E-state index contributed by atoms with van der Waals surface area (Å²) in [6.07, 6.45) is 2.24. The maximum Gasteiger partial charge on any atom is 0.263 e. The molecule has 2 aliphatic rings. The van der Waals surface area contributed by atoms with Gasteiger partial charge in [-0.25, -0.2) is 14.4 Å². The molecule has 0 saturated heterocycles. The van der Waals surface area contributed by atoms with Crippen LogP contribution in [0.1, 0.15) is 21.5 Å². The van der Waals surface area contributed by atoms with Gasteiger partial charge in [-0.2, -0.15) is 0 Å². The van der Waals surface area contributed by atoms with Crippen LogP contribution in [-0.2, 0) is 13.0 Å². The fourth-order valence-electron chi connectivity index (χ4n) is 3.64. The molecule has 3 heterocycles. The number of anilines is 3. The minimum absolute atomic E-state index is 0.228. The van der Waals surface area contributed by atoms with Gasteiger partial charge in [-0.1, -0.05) is 41.0 Å². The van der Waals surface area contributed by atoms with E-state index in [0.717, 1.165) is 24.1 Å². The van der Waals surface area contributed by atoms with Crippen LogP contribution in [0.5, 0.6) is 0 Å². The zero-order valence-corrected chi connectivity index (χ0v) is 18.4. The van der Waals surface area contributed by atoms with Crippen molar-refractivity contribution >= 4 is 58.2 Å². The Morgan fingerprint density at radius 2 is 2.00 bits per heavy atom. The fourth-order valence-corrected chi connectivity index (χ4v) is 5.19. The van der Waals surface area contributed by atoms with E-state index in [1.54, 1.807) is 30.3 Å². The maximum absolute atomic E-state index is 14.5. The van der Waals surface area contributed by atoms with Crippen LogP contribution in [0.2, 0.25) is 10.0 Å². The summed E-state index contributed by atoms with van der Waals surface area (Å²) in [6, 6.07) is 8.42. The molecule has 2 N–H and O–H groups in total. The van der Waals surface area contributed by atoms with Gasteiger partial charge in [0.2, 0.25) is 5.95 Å². The SMILES string of the molecule is O=C1c2cnc(Nc3cc4c(cc3F)CCNC4)nc2SCN1c1c(Cl)cccc1Cl. The molecular formula is C21H16Cl2FN5OS. The molecule has 2 aromatic carbocycles. The number of carbonyl (C=O) groups is 1. The van der Waals surface area contributed by atoms with Gasteiger partial charge < -0.3 is 10.6 Å². The van der Waals surface area contributed by atoms with Crippen LogP contribution >= 0.6 is 35.0 Å². The second-order valence-electron chi connectivity index (χ2n) is 7.14. The molecule has 158 valence electrons. The highest BCUT2D eigenvalue weighted by molar-refractivity contribution is 7.99. The number of amides is 1. The van der Waals surface area contributed by atoms with Crippen LogP contribution in [0.3, 0.4) is 0 Å². The first-order chi connectivity index (χ1) is 15.0. The van der Waals surface area contributed by atoms with Crippen molar-refractivity contribution in [3.63, 3.8) is 0 Å². The second-order valence-corrected chi connectivity index (χ2v) is 8.89. The zero-order valence-electron chi connectivity index (χ0n) is 16.1. The smallest absolute Gasteiger partial charge is 0.263 e. The Morgan fingerprint density at radius 3 is 2.81 bits per heavy atom. The highest BCUT2D eigenvalue weighted by atomic mass is 35.5. The molecule has 0 atom stereocenters. The summed E-state index contributed by atoms with van der Waals surface area (Å²) in [5.41, 5.74) is 3.16.